The van der Waals surface area contributed by atoms with Crippen molar-refractivity contribution in [2.45, 2.75) is 18.2 Å². The van der Waals surface area contributed by atoms with Crippen molar-refractivity contribution >= 4 is 29.1 Å². The number of amides is 3. The molecule has 32 heavy (non-hydrogen) atoms. The predicted molar refractivity (Wildman–Crippen MR) is 117 cm³/mol. The van der Waals surface area contributed by atoms with Gasteiger partial charge in [0.2, 0.25) is 11.8 Å². The zero-order valence-electron chi connectivity index (χ0n) is 17.8. The van der Waals surface area contributed by atoms with Crippen LogP contribution in [0.5, 0.6) is 5.75 Å². The van der Waals surface area contributed by atoms with E-state index < -0.39 is 35.9 Å². The molecule has 3 aliphatic heterocycles. The van der Waals surface area contributed by atoms with Crippen LogP contribution in [0.1, 0.15) is 0 Å². The Labute approximate surface area is 185 Å². The SMILES string of the molecule is C=C[C@H]1C(=O)N(c2ccc(OC)cc2)[C@H]1[C@H]1[C@@H]2C(=O)N(c3ccccc3)C(=O)[C@@H]2ON1C. The second-order valence-corrected chi connectivity index (χ2v) is 8.09. The van der Waals surface area contributed by atoms with Gasteiger partial charge in [-0.3, -0.25) is 19.2 Å². The summed E-state index contributed by atoms with van der Waals surface area (Å²) < 4.78 is 5.21. The van der Waals surface area contributed by atoms with Crippen LogP contribution in [-0.2, 0) is 19.2 Å². The summed E-state index contributed by atoms with van der Waals surface area (Å²) in [5.74, 6) is -1.36. The first-order valence-corrected chi connectivity index (χ1v) is 10.4. The van der Waals surface area contributed by atoms with Crippen molar-refractivity contribution in [1.82, 2.24) is 5.06 Å². The molecule has 8 nitrogen and oxygen atoms in total. The summed E-state index contributed by atoms with van der Waals surface area (Å²) >= 11 is 0. The second-order valence-electron chi connectivity index (χ2n) is 8.09. The van der Waals surface area contributed by atoms with Gasteiger partial charge in [0, 0.05) is 12.7 Å². The number of hydrogen-bond acceptors (Lipinski definition) is 6. The number of para-hydroxylation sites is 1. The van der Waals surface area contributed by atoms with E-state index in [2.05, 4.69) is 6.58 Å². The lowest BCUT2D eigenvalue weighted by atomic mass is 9.76. The summed E-state index contributed by atoms with van der Waals surface area (Å²) in [6.45, 7) is 3.83. The summed E-state index contributed by atoms with van der Waals surface area (Å²) in [5.41, 5.74) is 1.20. The summed E-state index contributed by atoms with van der Waals surface area (Å²) in [5, 5.41) is 1.55. The molecule has 0 aliphatic carbocycles. The van der Waals surface area contributed by atoms with Crippen LogP contribution in [-0.4, -0.2) is 55.1 Å². The van der Waals surface area contributed by atoms with Crippen molar-refractivity contribution < 1.29 is 24.0 Å². The van der Waals surface area contributed by atoms with Gasteiger partial charge in [0.05, 0.1) is 36.7 Å². The number of rotatable bonds is 5. The van der Waals surface area contributed by atoms with Gasteiger partial charge in [0.25, 0.3) is 5.91 Å². The van der Waals surface area contributed by atoms with Gasteiger partial charge in [-0.1, -0.05) is 24.3 Å². The Morgan fingerprint density at radius 1 is 0.906 bits per heavy atom. The van der Waals surface area contributed by atoms with E-state index in [1.807, 2.05) is 6.07 Å². The third-order valence-corrected chi connectivity index (χ3v) is 6.52. The zero-order chi connectivity index (χ0) is 22.6. The van der Waals surface area contributed by atoms with Crippen LogP contribution in [0.15, 0.2) is 67.3 Å². The molecule has 0 unspecified atom stereocenters. The standard InChI is InChI=1S/C24H23N3O5/c1-4-17-19(26(22(17)28)15-10-12-16(31-3)13-11-15)20-18-21(32-25(20)2)24(30)27(23(18)29)14-8-6-5-7-9-14/h4-13,17-21H,1H2,2-3H3/t17-,18+,19-,20-,21-/m1/s1. The van der Waals surface area contributed by atoms with Gasteiger partial charge in [0.15, 0.2) is 6.10 Å². The molecule has 3 amide bonds. The Morgan fingerprint density at radius 3 is 2.22 bits per heavy atom. The summed E-state index contributed by atoms with van der Waals surface area (Å²) in [6, 6.07) is 15.1. The van der Waals surface area contributed by atoms with E-state index in [1.54, 1.807) is 78.7 Å². The number of imide groups is 1. The summed E-state index contributed by atoms with van der Waals surface area (Å²) in [6.07, 6.45) is 0.682. The quantitative estimate of drug-likeness (QED) is 0.408. The first-order chi connectivity index (χ1) is 15.5. The summed E-state index contributed by atoms with van der Waals surface area (Å²) in [7, 11) is 3.28. The number of ether oxygens (including phenoxy) is 1. The average molecular weight is 433 g/mol. The molecule has 2 aromatic rings. The van der Waals surface area contributed by atoms with Crippen LogP contribution in [0, 0.1) is 11.8 Å². The van der Waals surface area contributed by atoms with Gasteiger partial charge >= 0.3 is 0 Å². The molecular weight excluding hydrogens is 410 g/mol. The normalized spacial score (nSPS) is 29.8. The number of hydroxylamine groups is 2. The van der Waals surface area contributed by atoms with Crippen LogP contribution in [0.2, 0.25) is 0 Å². The van der Waals surface area contributed by atoms with Gasteiger partial charge < -0.3 is 9.64 Å². The van der Waals surface area contributed by atoms with Gasteiger partial charge in [-0.2, -0.15) is 5.06 Å². The summed E-state index contributed by atoms with van der Waals surface area (Å²) in [4.78, 5) is 48.2. The molecule has 2 aromatic carbocycles. The first-order valence-electron chi connectivity index (χ1n) is 10.4. The minimum atomic E-state index is -0.920. The molecule has 0 aromatic heterocycles. The fraction of sp³-hybridized carbons (Fsp3) is 0.292. The van der Waals surface area contributed by atoms with Crippen LogP contribution >= 0.6 is 0 Å². The van der Waals surface area contributed by atoms with Crippen molar-refractivity contribution in [2.24, 2.45) is 11.8 Å². The molecular formula is C24H23N3O5. The number of carbonyl (C=O) groups excluding carboxylic acids is 3. The monoisotopic (exact) mass is 433 g/mol. The third kappa shape index (κ3) is 2.80. The molecule has 3 fully saturated rings. The lowest BCUT2D eigenvalue weighted by Gasteiger charge is -2.50. The van der Waals surface area contributed by atoms with Gasteiger partial charge in [0.1, 0.15) is 5.75 Å². The van der Waals surface area contributed by atoms with Crippen LogP contribution in [0.4, 0.5) is 11.4 Å². The number of methoxy groups -OCH3 is 1. The molecule has 0 saturated carbocycles. The van der Waals surface area contributed by atoms with Crippen LogP contribution < -0.4 is 14.5 Å². The second kappa shape index (κ2) is 7.58. The molecule has 3 heterocycles. The maximum atomic E-state index is 13.5. The zero-order valence-corrected chi connectivity index (χ0v) is 17.8. The molecule has 164 valence electrons. The first kappa shape index (κ1) is 20.4. The highest BCUT2D eigenvalue weighted by atomic mass is 16.7. The maximum absolute atomic E-state index is 13.5. The Hall–Kier alpha value is -3.49. The number of hydrogen-bond donors (Lipinski definition) is 0. The van der Waals surface area contributed by atoms with E-state index in [1.165, 1.54) is 4.90 Å². The molecule has 5 rings (SSSR count). The Morgan fingerprint density at radius 2 is 1.59 bits per heavy atom. The average Bonchev–Trinajstić information content (AvgIpc) is 3.26. The minimum Gasteiger partial charge on any atom is -0.497 e. The van der Waals surface area contributed by atoms with E-state index >= 15 is 0 Å². The van der Waals surface area contributed by atoms with Gasteiger partial charge in [-0.15, -0.1) is 6.58 Å². The molecule has 5 atom stereocenters. The largest absolute Gasteiger partial charge is 0.497 e. The lowest BCUT2D eigenvalue weighted by molar-refractivity contribution is -0.165. The Kier molecular flexibility index (Phi) is 4.83. The number of anilines is 2. The Bertz CT molecular complexity index is 1090. The number of nitrogens with zero attached hydrogens (tertiary/aromatic N) is 3. The fourth-order valence-corrected chi connectivity index (χ4v) is 5.02. The molecule has 8 heteroatoms. The van der Waals surface area contributed by atoms with E-state index in [-0.39, 0.29) is 11.8 Å². The van der Waals surface area contributed by atoms with Crippen molar-refractivity contribution in [2.75, 3.05) is 24.0 Å². The Balaban J connectivity index is 1.50. The van der Waals surface area contributed by atoms with Crippen molar-refractivity contribution in [1.29, 1.82) is 0 Å². The van der Waals surface area contributed by atoms with Crippen LogP contribution in [0.3, 0.4) is 0 Å². The number of β-lactam (4-membered cyclic amide) rings is 1. The third-order valence-electron chi connectivity index (χ3n) is 6.52. The number of likely N-dealkylation sites (N-methyl/N-ethyl adjacent to an activating group) is 1. The fourth-order valence-electron chi connectivity index (χ4n) is 5.02. The van der Waals surface area contributed by atoms with Crippen molar-refractivity contribution in [3.05, 3.63) is 67.3 Å². The molecule has 0 N–H and O–H groups in total. The van der Waals surface area contributed by atoms with Crippen molar-refractivity contribution in [3.8, 4) is 5.75 Å². The highest BCUT2D eigenvalue weighted by Gasteiger charge is 2.65. The maximum Gasteiger partial charge on any atom is 0.265 e. The molecule has 3 aliphatic rings. The highest BCUT2D eigenvalue weighted by molar-refractivity contribution is 6.23. The number of carbonyl (C=O) groups is 3. The molecule has 0 radical (unpaired) electrons. The van der Waals surface area contributed by atoms with Crippen LogP contribution in [0.25, 0.3) is 0 Å². The number of fused-ring (bicyclic) bond motifs is 1. The van der Waals surface area contributed by atoms with E-state index in [9.17, 15) is 14.4 Å². The molecule has 0 spiro atoms. The highest BCUT2D eigenvalue weighted by Crippen LogP contribution is 2.46. The van der Waals surface area contributed by atoms with E-state index in [0.717, 1.165) is 0 Å². The van der Waals surface area contributed by atoms with Gasteiger partial charge in [-0.05, 0) is 36.4 Å². The topological polar surface area (TPSA) is 79.4 Å². The van der Waals surface area contributed by atoms with E-state index in [4.69, 9.17) is 9.57 Å². The molecule has 3 saturated heterocycles. The van der Waals surface area contributed by atoms with Gasteiger partial charge in [-0.25, -0.2) is 4.90 Å². The lowest BCUT2D eigenvalue weighted by Crippen LogP contribution is -2.68. The number of benzene rings is 2. The van der Waals surface area contributed by atoms with E-state index in [0.29, 0.717) is 17.1 Å². The minimum absolute atomic E-state index is 0.108. The predicted octanol–water partition coefficient (Wildman–Crippen LogP) is 2.02. The molecule has 0 bridgehead atoms. The van der Waals surface area contributed by atoms with Crippen molar-refractivity contribution in [3.63, 3.8) is 0 Å². The smallest absolute Gasteiger partial charge is 0.265 e.